The van der Waals surface area contributed by atoms with Crippen LogP contribution in [0.3, 0.4) is 0 Å². The standard InChI is InChI=1S/C25H25ClFN5O4.C2H6/c1-13(33)11-36-21-8-20(32(2)31-21)25(35)9-15-5-14(6-16(15)10-25)22-23(29-12-28-22)24(34)30-17-3-4-19(27)18(26)7-17;1-2/h3-5,7-8,12,15-16,35H,6,9-11H2,1-2H3,(H,28,29)(H,30,34);1-2H3/t15-,16+,25+;/m0./s1. The number of carbonyl (C=O) groups excluding carboxylic acids is 2. The van der Waals surface area contributed by atoms with Gasteiger partial charge in [0.15, 0.2) is 5.78 Å². The Morgan fingerprint density at radius 3 is 2.76 bits per heavy atom. The van der Waals surface area contributed by atoms with Gasteiger partial charge in [-0.25, -0.2) is 9.37 Å². The van der Waals surface area contributed by atoms with Crippen LogP contribution in [-0.4, -0.2) is 43.2 Å². The molecule has 1 saturated carbocycles. The van der Waals surface area contributed by atoms with Crippen molar-refractivity contribution in [2.75, 3.05) is 11.9 Å². The number of imidazole rings is 1. The number of amides is 1. The van der Waals surface area contributed by atoms with Crippen LogP contribution in [-0.2, 0) is 17.4 Å². The minimum absolute atomic E-state index is 0.0694. The van der Waals surface area contributed by atoms with Crippen LogP contribution in [0.2, 0.25) is 5.02 Å². The molecule has 11 heteroatoms. The summed E-state index contributed by atoms with van der Waals surface area (Å²) in [5.74, 6) is -0.506. The van der Waals surface area contributed by atoms with Crippen molar-refractivity contribution in [3.05, 3.63) is 64.6 Å². The quantitative estimate of drug-likeness (QED) is 0.390. The molecule has 2 aromatic heterocycles. The fraction of sp³-hybridized carbons (Fsp3) is 0.407. The zero-order valence-corrected chi connectivity index (χ0v) is 22.5. The van der Waals surface area contributed by atoms with Gasteiger partial charge in [0, 0.05) is 18.8 Å². The number of H-pyrrole nitrogens is 1. The summed E-state index contributed by atoms with van der Waals surface area (Å²) in [7, 11) is 1.74. The molecule has 1 aromatic carbocycles. The normalized spacial score (nSPS) is 21.8. The average Bonchev–Trinajstić information content (AvgIpc) is 3.64. The Labute approximate surface area is 225 Å². The highest BCUT2D eigenvalue weighted by atomic mass is 35.5. The van der Waals surface area contributed by atoms with Crippen molar-refractivity contribution in [3.63, 3.8) is 0 Å². The van der Waals surface area contributed by atoms with Crippen molar-refractivity contribution in [2.24, 2.45) is 18.9 Å². The van der Waals surface area contributed by atoms with Gasteiger partial charge in [0.1, 0.15) is 23.7 Å². The zero-order valence-electron chi connectivity index (χ0n) is 21.7. The van der Waals surface area contributed by atoms with E-state index in [9.17, 15) is 19.1 Å². The predicted molar refractivity (Wildman–Crippen MR) is 141 cm³/mol. The first-order chi connectivity index (χ1) is 18.1. The second-order valence-corrected chi connectivity index (χ2v) is 9.86. The summed E-state index contributed by atoms with van der Waals surface area (Å²) >= 11 is 5.82. The summed E-state index contributed by atoms with van der Waals surface area (Å²) in [6.45, 7) is 5.37. The van der Waals surface area contributed by atoms with Gasteiger partial charge in [-0.3, -0.25) is 14.3 Å². The Balaban J connectivity index is 0.00000164. The molecule has 0 saturated heterocycles. The Morgan fingerprint density at radius 1 is 1.32 bits per heavy atom. The van der Waals surface area contributed by atoms with E-state index < -0.39 is 17.3 Å². The van der Waals surface area contributed by atoms with E-state index in [1.807, 2.05) is 13.8 Å². The van der Waals surface area contributed by atoms with E-state index in [-0.39, 0.29) is 29.2 Å². The minimum atomic E-state index is -1.08. The van der Waals surface area contributed by atoms with Crippen LogP contribution in [0, 0.1) is 17.7 Å². The number of benzene rings is 1. The Morgan fingerprint density at radius 2 is 2.08 bits per heavy atom. The number of rotatable bonds is 7. The monoisotopic (exact) mass is 543 g/mol. The van der Waals surface area contributed by atoms with Crippen LogP contribution in [0.25, 0.3) is 5.57 Å². The van der Waals surface area contributed by atoms with Gasteiger partial charge in [-0.2, -0.15) is 0 Å². The van der Waals surface area contributed by atoms with Gasteiger partial charge in [-0.05, 0) is 61.8 Å². The summed E-state index contributed by atoms with van der Waals surface area (Å²) in [6.07, 6.45) is 5.21. The highest BCUT2D eigenvalue weighted by Crippen LogP contribution is 2.53. The van der Waals surface area contributed by atoms with Crippen molar-refractivity contribution in [2.45, 2.75) is 45.6 Å². The van der Waals surface area contributed by atoms with E-state index in [1.165, 1.54) is 31.5 Å². The molecule has 2 aliphatic carbocycles. The van der Waals surface area contributed by atoms with E-state index in [0.29, 0.717) is 47.9 Å². The number of allylic oxidation sites excluding steroid dienone is 2. The summed E-state index contributed by atoms with van der Waals surface area (Å²) in [5, 5.41) is 18.4. The Kier molecular flexibility index (Phi) is 8.03. The van der Waals surface area contributed by atoms with Gasteiger partial charge in [-0.15, -0.1) is 5.10 Å². The second kappa shape index (κ2) is 11.1. The number of nitrogens with zero attached hydrogens (tertiary/aromatic N) is 3. The molecule has 9 nitrogen and oxygen atoms in total. The molecule has 1 fully saturated rings. The summed E-state index contributed by atoms with van der Waals surface area (Å²) in [5.41, 5.74) is 1.73. The van der Waals surface area contributed by atoms with Crippen molar-refractivity contribution < 1.29 is 23.8 Å². The SMILES string of the molecule is CC.CC(=O)COc1cc([C@]2(O)C[C@H]3CC(c4nc[nH]c4C(=O)Nc4ccc(F)c(Cl)c4)=C[C@H]3C2)n(C)n1. The molecule has 0 unspecified atom stereocenters. The van der Waals surface area contributed by atoms with E-state index in [2.05, 4.69) is 26.5 Å². The van der Waals surface area contributed by atoms with Crippen molar-refractivity contribution >= 4 is 34.6 Å². The van der Waals surface area contributed by atoms with Gasteiger partial charge in [-0.1, -0.05) is 31.5 Å². The molecule has 202 valence electrons. The zero-order chi connectivity index (χ0) is 27.6. The maximum absolute atomic E-state index is 13.4. The number of halogens is 2. The summed E-state index contributed by atoms with van der Waals surface area (Å²) < 4.78 is 20.4. The van der Waals surface area contributed by atoms with Crippen LogP contribution in [0.4, 0.5) is 10.1 Å². The highest BCUT2D eigenvalue weighted by molar-refractivity contribution is 6.31. The smallest absolute Gasteiger partial charge is 0.274 e. The number of aromatic amines is 1. The first-order valence-electron chi connectivity index (χ1n) is 12.5. The number of anilines is 1. The van der Waals surface area contributed by atoms with Gasteiger partial charge in [0.2, 0.25) is 5.88 Å². The third-order valence-electron chi connectivity index (χ3n) is 6.78. The molecule has 38 heavy (non-hydrogen) atoms. The fourth-order valence-electron chi connectivity index (χ4n) is 5.24. The van der Waals surface area contributed by atoms with Crippen LogP contribution in [0.15, 0.2) is 36.7 Å². The topological polar surface area (TPSA) is 122 Å². The van der Waals surface area contributed by atoms with Crippen LogP contribution >= 0.6 is 11.6 Å². The minimum Gasteiger partial charge on any atom is -0.469 e. The molecule has 3 atom stereocenters. The molecule has 0 radical (unpaired) electrons. The molecule has 0 bridgehead atoms. The molecule has 0 spiro atoms. The van der Waals surface area contributed by atoms with Gasteiger partial charge in [0.05, 0.1) is 22.7 Å². The first kappa shape index (κ1) is 27.5. The number of hydrogen-bond acceptors (Lipinski definition) is 6. The third kappa shape index (κ3) is 5.51. The average molecular weight is 544 g/mol. The number of fused-ring (bicyclic) bond motifs is 1. The number of aromatic nitrogens is 4. The Bertz CT molecular complexity index is 1380. The largest absolute Gasteiger partial charge is 0.469 e. The number of aliphatic hydroxyl groups is 1. The molecule has 3 N–H and O–H groups in total. The van der Waals surface area contributed by atoms with Crippen LogP contribution in [0.5, 0.6) is 5.88 Å². The number of aryl methyl sites for hydroxylation is 1. The van der Waals surface area contributed by atoms with E-state index in [1.54, 1.807) is 17.8 Å². The van der Waals surface area contributed by atoms with Crippen LogP contribution in [0.1, 0.15) is 61.9 Å². The molecule has 5 rings (SSSR count). The third-order valence-corrected chi connectivity index (χ3v) is 7.07. The number of ether oxygens (including phenoxy) is 1. The number of hydrogen-bond donors (Lipinski definition) is 3. The first-order valence-corrected chi connectivity index (χ1v) is 12.9. The fourth-order valence-corrected chi connectivity index (χ4v) is 5.42. The molecule has 2 heterocycles. The Hall–Kier alpha value is -3.50. The number of Topliss-reactive ketones (excluding diaryl/α,β-unsaturated/α-hetero) is 1. The number of ketones is 1. The van der Waals surface area contributed by atoms with Crippen molar-refractivity contribution in [1.82, 2.24) is 19.7 Å². The van der Waals surface area contributed by atoms with Crippen LogP contribution < -0.4 is 10.1 Å². The second-order valence-electron chi connectivity index (χ2n) is 9.45. The lowest BCUT2D eigenvalue weighted by atomic mass is 9.93. The molecular weight excluding hydrogens is 513 g/mol. The van der Waals surface area contributed by atoms with E-state index in [4.69, 9.17) is 16.3 Å². The molecule has 1 amide bonds. The molecule has 0 aliphatic heterocycles. The van der Waals surface area contributed by atoms with E-state index in [0.717, 1.165) is 5.57 Å². The molecular formula is C27H31ClFN5O4. The lowest BCUT2D eigenvalue weighted by Gasteiger charge is -2.23. The van der Waals surface area contributed by atoms with Gasteiger partial charge >= 0.3 is 0 Å². The van der Waals surface area contributed by atoms with Gasteiger partial charge < -0.3 is 20.1 Å². The number of carbonyl (C=O) groups is 2. The summed E-state index contributed by atoms with van der Waals surface area (Å²) in [4.78, 5) is 31.4. The van der Waals surface area contributed by atoms with Crippen molar-refractivity contribution in [1.29, 1.82) is 0 Å². The highest BCUT2D eigenvalue weighted by Gasteiger charge is 2.49. The maximum Gasteiger partial charge on any atom is 0.274 e. The maximum atomic E-state index is 13.4. The molecule has 2 aliphatic rings. The predicted octanol–water partition coefficient (Wildman–Crippen LogP) is 4.88. The summed E-state index contributed by atoms with van der Waals surface area (Å²) in [6, 6.07) is 5.66. The lowest BCUT2D eigenvalue weighted by Crippen LogP contribution is -2.25. The molecule has 3 aromatic rings. The van der Waals surface area contributed by atoms with Gasteiger partial charge in [0.25, 0.3) is 5.91 Å². The number of nitrogens with one attached hydrogen (secondary N) is 2. The van der Waals surface area contributed by atoms with Crippen molar-refractivity contribution in [3.8, 4) is 5.88 Å². The lowest BCUT2D eigenvalue weighted by molar-refractivity contribution is -0.119. The van der Waals surface area contributed by atoms with E-state index >= 15 is 0 Å².